The van der Waals surface area contributed by atoms with Crippen LogP contribution in [0, 0.1) is 23.0 Å². The highest BCUT2D eigenvalue weighted by Crippen LogP contribution is 2.29. The van der Waals surface area contributed by atoms with E-state index in [1.807, 2.05) is 16.8 Å². The van der Waals surface area contributed by atoms with Gasteiger partial charge in [-0.25, -0.2) is 8.78 Å². The van der Waals surface area contributed by atoms with Gasteiger partial charge in [0.05, 0.1) is 23.9 Å². The van der Waals surface area contributed by atoms with E-state index in [0.717, 1.165) is 35.9 Å². The van der Waals surface area contributed by atoms with Crippen molar-refractivity contribution in [2.45, 2.75) is 19.5 Å². The van der Waals surface area contributed by atoms with Gasteiger partial charge >= 0.3 is 0 Å². The van der Waals surface area contributed by atoms with Crippen LogP contribution in [-0.2, 0) is 19.5 Å². The molecule has 0 radical (unpaired) electrons. The van der Waals surface area contributed by atoms with Gasteiger partial charge in [0, 0.05) is 42.4 Å². The van der Waals surface area contributed by atoms with Gasteiger partial charge in [0.1, 0.15) is 11.6 Å². The van der Waals surface area contributed by atoms with Gasteiger partial charge in [0.2, 0.25) is 0 Å². The van der Waals surface area contributed by atoms with Crippen LogP contribution in [0.2, 0.25) is 0 Å². The molecule has 0 unspecified atom stereocenters. The predicted octanol–water partition coefficient (Wildman–Crippen LogP) is 3.39. The van der Waals surface area contributed by atoms with Crippen molar-refractivity contribution in [2.24, 2.45) is 0 Å². The lowest BCUT2D eigenvalue weighted by Crippen LogP contribution is -2.25. The number of nitrogens with zero attached hydrogens (tertiary/aromatic N) is 3. The monoisotopic (exact) mass is 350 g/mol. The highest BCUT2D eigenvalue weighted by Gasteiger charge is 2.22. The van der Waals surface area contributed by atoms with Crippen molar-refractivity contribution in [2.75, 3.05) is 6.54 Å². The second-order valence-corrected chi connectivity index (χ2v) is 6.33. The zero-order chi connectivity index (χ0) is 18.1. The van der Waals surface area contributed by atoms with Crippen LogP contribution in [0.1, 0.15) is 22.4 Å². The minimum absolute atomic E-state index is 0.445. The zero-order valence-electron chi connectivity index (χ0n) is 14.0. The van der Waals surface area contributed by atoms with Gasteiger partial charge in [0.15, 0.2) is 0 Å². The normalized spacial score (nSPS) is 13.3. The van der Waals surface area contributed by atoms with Crippen LogP contribution in [0.5, 0.6) is 0 Å². The second-order valence-electron chi connectivity index (χ2n) is 6.33. The summed E-state index contributed by atoms with van der Waals surface area (Å²) in [7, 11) is 0. The molecule has 6 heteroatoms. The quantitative estimate of drug-likeness (QED) is 0.788. The highest BCUT2D eigenvalue weighted by atomic mass is 19.1. The molecule has 1 N–H and O–H groups in total. The summed E-state index contributed by atoms with van der Waals surface area (Å²) in [5.41, 5.74) is 4.74. The molecule has 0 saturated heterocycles. The maximum atomic E-state index is 13.7. The van der Waals surface area contributed by atoms with Crippen LogP contribution in [-0.4, -0.2) is 16.3 Å². The lowest BCUT2D eigenvalue weighted by molar-refractivity contribution is 0.582. The Bertz CT molecular complexity index is 980. The molecule has 4 nitrogen and oxygen atoms in total. The Morgan fingerprint density at radius 3 is 2.54 bits per heavy atom. The molecular weight excluding hydrogens is 334 g/mol. The van der Waals surface area contributed by atoms with E-state index in [1.54, 1.807) is 12.1 Å². The predicted molar refractivity (Wildman–Crippen MR) is 93.2 cm³/mol. The maximum Gasteiger partial charge on any atom is 0.126 e. The molecule has 1 aromatic heterocycles. The molecule has 1 aliphatic heterocycles. The SMILES string of the molecule is N#Cc1ccc(Cn2nc(-c3cc(F)cc(F)c3)c3c2CCNC3)cc1. The summed E-state index contributed by atoms with van der Waals surface area (Å²) in [5.74, 6) is -1.22. The molecule has 0 saturated carbocycles. The molecule has 26 heavy (non-hydrogen) atoms. The largest absolute Gasteiger partial charge is 0.312 e. The Morgan fingerprint density at radius 1 is 1.12 bits per heavy atom. The van der Waals surface area contributed by atoms with Crippen molar-refractivity contribution in [3.05, 3.63) is 76.5 Å². The topological polar surface area (TPSA) is 53.6 Å². The molecule has 0 atom stereocenters. The van der Waals surface area contributed by atoms with Crippen LogP contribution in [0.4, 0.5) is 8.78 Å². The minimum Gasteiger partial charge on any atom is -0.312 e. The Kier molecular flexibility index (Phi) is 4.23. The summed E-state index contributed by atoms with van der Waals surface area (Å²) in [6, 6.07) is 12.9. The van der Waals surface area contributed by atoms with Crippen LogP contribution < -0.4 is 5.32 Å². The highest BCUT2D eigenvalue weighted by molar-refractivity contribution is 5.64. The fourth-order valence-corrected chi connectivity index (χ4v) is 3.33. The molecular formula is C20H16F2N4. The van der Waals surface area contributed by atoms with Crippen LogP contribution in [0.25, 0.3) is 11.3 Å². The first-order chi connectivity index (χ1) is 12.6. The summed E-state index contributed by atoms with van der Waals surface area (Å²) in [6.45, 7) is 2.00. The fraction of sp³-hybridized carbons (Fsp3) is 0.200. The van der Waals surface area contributed by atoms with Gasteiger partial charge in [-0.3, -0.25) is 4.68 Å². The lowest BCUT2D eigenvalue weighted by atomic mass is 10.0. The van der Waals surface area contributed by atoms with E-state index in [-0.39, 0.29) is 0 Å². The van der Waals surface area contributed by atoms with Gasteiger partial charge in [0.25, 0.3) is 0 Å². The van der Waals surface area contributed by atoms with Gasteiger partial charge in [-0.15, -0.1) is 0 Å². The standard InChI is InChI=1S/C20H16F2N4/c21-16-7-15(8-17(22)9-16)20-18-11-24-6-5-19(18)26(25-20)12-14-3-1-13(10-23)2-4-14/h1-4,7-9,24H,5-6,11-12H2. The van der Waals surface area contributed by atoms with Crippen LogP contribution >= 0.6 is 0 Å². The van der Waals surface area contributed by atoms with E-state index in [0.29, 0.717) is 29.9 Å². The Morgan fingerprint density at radius 2 is 1.85 bits per heavy atom. The van der Waals surface area contributed by atoms with E-state index in [2.05, 4.69) is 16.5 Å². The van der Waals surface area contributed by atoms with Gasteiger partial charge in [-0.2, -0.15) is 10.4 Å². The molecule has 0 spiro atoms. The molecule has 1 aliphatic rings. The first-order valence-corrected chi connectivity index (χ1v) is 8.39. The van der Waals surface area contributed by atoms with Crippen molar-refractivity contribution < 1.29 is 8.78 Å². The number of nitrogens with one attached hydrogen (secondary N) is 1. The third-order valence-electron chi connectivity index (χ3n) is 4.56. The third-order valence-corrected chi connectivity index (χ3v) is 4.56. The second kappa shape index (κ2) is 6.70. The van der Waals surface area contributed by atoms with Crippen LogP contribution in [0.15, 0.2) is 42.5 Å². The summed E-state index contributed by atoms with van der Waals surface area (Å²) >= 11 is 0. The summed E-state index contributed by atoms with van der Waals surface area (Å²) < 4.78 is 29.2. The number of nitriles is 1. The Hall–Kier alpha value is -3.04. The molecule has 2 aromatic carbocycles. The molecule has 4 rings (SSSR count). The summed E-state index contributed by atoms with van der Waals surface area (Å²) in [6.07, 6.45) is 0.802. The molecule has 0 amide bonds. The summed E-state index contributed by atoms with van der Waals surface area (Å²) in [4.78, 5) is 0. The van der Waals surface area contributed by atoms with Crippen molar-refractivity contribution in [1.29, 1.82) is 5.26 Å². The molecule has 130 valence electrons. The Labute approximate surface area is 149 Å². The number of aromatic nitrogens is 2. The first kappa shape index (κ1) is 16.4. The van der Waals surface area contributed by atoms with E-state index < -0.39 is 11.6 Å². The fourth-order valence-electron chi connectivity index (χ4n) is 3.33. The number of halogens is 2. The van der Waals surface area contributed by atoms with Crippen molar-refractivity contribution in [1.82, 2.24) is 15.1 Å². The number of hydrogen-bond donors (Lipinski definition) is 1. The smallest absolute Gasteiger partial charge is 0.126 e. The number of fused-ring (bicyclic) bond motifs is 1. The van der Waals surface area contributed by atoms with Crippen molar-refractivity contribution in [3.8, 4) is 17.3 Å². The molecule has 0 aliphatic carbocycles. The van der Waals surface area contributed by atoms with E-state index in [4.69, 9.17) is 5.26 Å². The van der Waals surface area contributed by atoms with E-state index >= 15 is 0 Å². The minimum atomic E-state index is -0.612. The Balaban J connectivity index is 1.76. The average molecular weight is 350 g/mol. The first-order valence-electron chi connectivity index (χ1n) is 8.39. The zero-order valence-corrected chi connectivity index (χ0v) is 14.0. The molecule has 2 heterocycles. The molecule has 3 aromatic rings. The average Bonchev–Trinajstić information content (AvgIpc) is 3.00. The lowest BCUT2D eigenvalue weighted by Gasteiger charge is -2.16. The van der Waals surface area contributed by atoms with Gasteiger partial charge in [-0.05, 0) is 29.8 Å². The summed E-state index contributed by atoms with van der Waals surface area (Å²) in [5, 5.41) is 16.9. The number of rotatable bonds is 3. The third kappa shape index (κ3) is 3.09. The van der Waals surface area contributed by atoms with E-state index in [1.165, 1.54) is 12.1 Å². The van der Waals surface area contributed by atoms with E-state index in [9.17, 15) is 8.78 Å². The van der Waals surface area contributed by atoms with Gasteiger partial charge in [-0.1, -0.05) is 12.1 Å². The molecule has 0 fully saturated rings. The van der Waals surface area contributed by atoms with Crippen molar-refractivity contribution >= 4 is 0 Å². The van der Waals surface area contributed by atoms with Crippen LogP contribution in [0.3, 0.4) is 0 Å². The number of benzene rings is 2. The maximum absolute atomic E-state index is 13.7. The number of hydrogen-bond acceptors (Lipinski definition) is 3. The van der Waals surface area contributed by atoms with Gasteiger partial charge < -0.3 is 5.32 Å². The van der Waals surface area contributed by atoms with Crippen molar-refractivity contribution in [3.63, 3.8) is 0 Å². The molecule has 0 bridgehead atoms.